The maximum absolute atomic E-state index is 15.4. The number of nitrogens with one attached hydrogen (secondary N) is 1. The minimum atomic E-state index is -4.32. The molecule has 0 bridgehead atoms. The fourth-order valence-electron chi connectivity index (χ4n) is 8.40. The molecule has 1 atom stereocenters. The SMILES string of the molecule is CCCCN(CCCC)C(=O)c1nn(-c2ccc(C(=O)NS(=O)(=O)c3ccc4ccccc4c3)cc2C(=O)N2Cc3ccccc3CC2CN2CCN(CCO)CC2)c(C)c1Cl. The molecule has 7 rings (SSSR count). The first kappa shape index (κ1) is 44.9. The van der Waals surface area contributed by atoms with Crippen LogP contribution in [-0.2, 0) is 23.0 Å². The van der Waals surface area contributed by atoms with Gasteiger partial charge in [0.2, 0.25) is 0 Å². The number of carbonyl (C=O) groups excluding carboxylic acids is 3. The maximum atomic E-state index is 15.4. The Morgan fingerprint density at radius 3 is 2.21 bits per heavy atom. The van der Waals surface area contributed by atoms with Gasteiger partial charge in [0.1, 0.15) is 0 Å². The molecule has 3 heterocycles. The number of unbranched alkanes of at least 4 members (excludes halogenated alkanes) is 2. The van der Waals surface area contributed by atoms with Crippen molar-refractivity contribution in [2.75, 3.05) is 59.0 Å². The van der Waals surface area contributed by atoms with Crippen LogP contribution >= 0.6 is 11.6 Å². The third-order valence-corrected chi connectivity index (χ3v) is 13.8. The summed E-state index contributed by atoms with van der Waals surface area (Å²) < 4.78 is 31.0. The summed E-state index contributed by atoms with van der Waals surface area (Å²) in [6.07, 6.45) is 4.07. The molecule has 1 saturated heterocycles. The van der Waals surface area contributed by atoms with E-state index in [1.807, 2.05) is 41.3 Å². The van der Waals surface area contributed by atoms with Crippen LogP contribution in [0.5, 0.6) is 0 Å². The number of nitrogens with zero attached hydrogens (tertiary/aromatic N) is 6. The van der Waals surface area contributed by atoms with Crippen LogP contribution in [0.3, 0.4) is 0 Å². The van der Waals surface area contributed by atoms with Gasteiger partial charge in [0.05, 0.1) is 33.5 Å². The van der Waals surface area contributed by atoms with E-state index in [1.165, 1.54) is 28.9 Å². The molecule has 62 heavy (non-hydrogen) atoms. The van der Waals surface area contributed by atoms with Crippen LogP contribution in [0.2, 0.25) is 5.02 Å². The number of β-amino-alcohol motifs (C(OH)–C–C–N with tert-alkyl or cyclic N) is 1. The van der Waals surface area contributed by atoms with Crippen molar-refractivity contribution in [3.05, 3.63) is 124 Å². The fraction of sp³-hybridized carbons (Fsp3) is 0.404. The summed E-state index contributed by atoms with van der Waals surface area (Å²) in [5.74, 6) is -1.58. The number of piperazine rings is 1. The van der Waals surface area contributed by atoms with Crippen LogP contribution in [0, 0.1) is 6.92 Å². The molecule has 1 aromatic heterocycles. The zero-order valence-corrected chi connectivity index (χ0v) is 37.3. The lowest BCUT2D eigenvalue weighted by Crippen LogP contribution is -2.54. The number of rotatable bonds is 16. The molecule has 2 N–H and O–H groups in total. The first-order valence-electron chi connectivity index (χ1n) is 21.6. The number of carbonyl (C=O) groups is 3. The molecule has 0 aliphatic carbocycles. The molecule has 15 heteroatoms. The predicted molar refractivity (Wildman–Crippen MR) is 241 cm³/mol. The van der Waals surface area contributed by atoms with Crippen molar-refractivity contribution in [3.63, 3.8) is 0 Å². The Balaban J connectivity index is 1.28. The van der Waals surface area contributed by atoms with Gasteiger partial charge in [-0.15, -0.1) is 0 Å². The summed E-state index contributed by atoms with van der Waals surface area (Å²) in [5, 5.41) is 16.0. The molecule has 328 valence electrons. The van der Waals surface area contributed by atoms with Crippen LogP contribution in [0.1, 0.15) is 87.6 Å². The van der Waals surface area contributed by atoms with E-state index in [-0.39, 0.29) is 51.2 Å². The molecular formula is C47H56ClN7O6S. The minimum Gasteiger partial charge on any atom is -0.395 e. The predicted octanol–water partition coefficient (Wildman–Crippen LogP) is 6.33. The van der Waals surface area contributed by atoms with Crippen molar-refractivity contribution >= 4 is 50.1 Å². The van der Waals surface area contributed by atoms with Crippen LogP contribution in [-0.4, -0.2) is 126 Å². The van der Waals surface area contributed by atoms with Crippen molar-refractivity contribution in [1.82, 2.24) is 34.1 Å². The Morgan fingerprint density at radius 1 is 0.855 bits per heavy atom. The number of hydrogen-bond acceptors (Lipinski definition) is 9. The van der Waals surface area contributed by atoms with Gasteiger partial charge in [-0.3, -0.25) is 24.2 Å². The summed E-state index contributed by atoms with van der Waals surface area (Å²) in [6.45, 7) is 11.8. The molecule has 0 radical (unpaired) electrons. The van der Waals surface area contributed by atoms with Gasteiger partial charge < -0.3 is 14.9 Å². The summed E-state index contributed by atoms with van der Waals surface area (Å²) in [5.41, 5.74) is 3.02. The number of fused-ring (bicyclic) bond motifs is 2. The maximum Gasteiger partial charge on any atom is 0.275 e. The van der Waals surface area contributed by atoms with Crippen molar-refractivity contribution < 1.29 is 27.9 Å². The third-order valence-electron chi connectivity index (χ3n) is 12.0. The van der Waals surface area contributed by atoms with E-state index in [4.69, 9.17) is 16.7 Å². The Hall–Kier alpha value is -5.12. The lowest BCUT2D eigenvalue weighted by atomic mass is 9.92. The molecule has 13 nitrogen and oxygen atoms in total. The first-order valence-corrected chi connectivity index (χ1v) is 23.5. The lowest BCUT2D eigenvalue weighted by Gasteiger charge is -2.42. The van der Waals surface area contributed by atoms with Gasteiger partial charge in [0.15, 0.2) is 5.69 Å². The number of aliphatic hydroxyl groups is 1. The van der Waals surface area contributed by atoms with Crippen LogP contribution in [0.25, 0.3) is 16.5 Å². The van der Waals surface area contributed by atoms with Crippen LogP contribution in [0.15, 0.2) is 89.8 Å². The standard InChI is InChI=1S/C47H56ClN7O6S/c1-4-6-20-53(21-7-5-2)47(59)44-43(48)33(3)55(49-44)42-19-17-37(45(57)50-62(60,61)40-18-16-34-12-8-9-14-36(34)29-40)30-41(42)46(58)54-31-38-15-11-10-13-35(38)28-39(54)32-52-24-22-51(23-25-52)26-27-56/h8-19,29-30,39,56H,4-7,20-28,31-32H2,1-3H3,(H,50,57). The second-order valence-electron chi connectivity index (χ2n) is 16.3. The van der Waals surface area contributed by atoms with E-state index < -0.39 is 15.9 Å². The molecule has 1 fully saturated rings. The molecule has 3 amide bonds. The highest BCUT2D eigenvalue weighted by molar-refractivity contribution is 7.90. The van der Waals surface area contributed by atoms with E-state index in [9.17, 15) is 23.1 Å². The van der Waals surface area contributed by atoms with Gasteiger partial charge in [0, 0.05) is 70.5 Å². The van der Waals surface area contributed by atoms with Gasteiger partial charge in [0.25, 0.3) is 27.7 Å². The smallest absolute Gasteiger partial charge is 0.275 e. The monoisotopic (exact) mass is 881 g/mol. The summed E-state index contributed by atoms with van der Waals surface area (Å²) in [6, 6.07) is 24.2. The quantitative estimate of drug-likeness (QED) is 0.116. The molecule has 5 aromatic rings. The zero-order chi connectivity index (χ0) is 44.0. The van der Waals surface area contributed by atoms with Gasteiger partial charge in [-0.1, -0.05) is 92.9 Å². The van der Waals surface area contributed by atoms with Crippen molar-refractivity contribution in [2.24, 2.45) is 0 Å². The Kier molecular flexibility index (Phi) is 14.4. The first-order chi connectivity index (χ1) is 29.9. The van der Waals surface area contributed by atoms with Crippen LogP contribution < -0.4 is 4.72 Å². The largest absolute Gasteiger partial charge is 0.395 e. The number of amides is 3. The van der Waals surface area contributed by atoms with Gasteiger partial charge >= 0.3 is 0 Å². The van der Waals surface area contributed by atoms with E-state index in [1.54, 1.807) is 30.0 Å². The zero-order valence-electron chi connectivity index (χ0n) is 35.7. The van der Waals surface area contributed by atoms with Gasteiger partial charge in [-0.25, -0.2) is 17.8 Å². The highest BCUT2D eigenvalue weighted by atomic mass is 35.5. The molecule has 4 aromatic carbocycles. The number of hydrogen-bond donors (Lipinski definition) is 2. The summed E-state index contributed by atoms with van der Waals surface area (Å²) in [7, 11) is -4.32. The molecule has 0 spiro atoms. The Bertz CT molecular complexity index is 2530. The highest BCUT2D eigenvalue weighted by Gasteiger charge is 2.35. The second kappa shape index (κ2) is 19.9. The highest BCUT2D eigenvalue weighted by Crippen LogP contribution is 2.31. The molecule has 2 aliphatic rings. The molecule has 0 saturated carbocycles. The van der Waals surface area contributed by atoms with Crippen LogP contribution in [0.4, 0.5) is 0 Å². The molecular weight excluding hydrogens is 826 g/mol. The number of aliphatic hydroxyl groups excluding tert-OH is 1. The van der Waals surface area contributed by atoms with Gasteiger partial charge in [-0.2, -0.15) is 5.10 Å². The molecule has 2 aliphatic heterocycles. The van der Waals surface area contributed by atoms with E-state index in [0.29, 0.717) is 55.9 Å². The van der Waals surface area contributed by atoms with E-state index in [2.05, 4.69) is 34.4 Å². The topological polar surface area (TPSA) is 148 Å². The van der Waals surface area contributed by atoms with Crippen molar-refractivity contribution in [2.45, 2.75) is 70.4 Å². The number of halogens is 1. The summed E-state index contributed by atoms with van der Waals surface area (Å²) in [4.78, 5) is 51.5. The average Bonchev–Trinajstić information content (AvgIpc) is 3.58. The van der Waals surface area contributed by atoms with E-state index in [0.717, 1.165) is 68.4 Å². The Labute approximate surface area is 369 Å². The Morgan fingerprint density at radius 2 is 1.52 bits per heavy atom. The number of aromatic nitrogens is 2. The fourth-order valence-corrected chi connectivity index (χ4v) is 9.61. The normalized spacial score (nSPS) is 16.0. The van der Waals surface area contributed by atoms with Crippen molar-refractivity contribution in [3.8, 4) is 5.69 Å². The lowest BCUT2D eigenvalue weighted by molar-refractivity contribution is 0.0505. The average molecular weight is 883 g/mol. The molecule has 1 unspecified atom stereocenters. The summed E-state index contributed by atoms with van der Waals surface area (Å²) >= 11 is 6.94. The number of benzene rings is 4. The van der Waals surface area contributed by atoms with Gasteiger partial charge in [-0.05, 0) is 78.4 Å². The second-order valence-corrected chi connectivity index (χ2v) is 18.3. The third kappa shape index (κ3) is 9.90. The number of sulfonamides is 1. The van der Waals surface area contributed by atoms with Crippen molar-refractivity contribution in [1.29, 1.82) is 0 Å². The van der Waals surface area contributed by atoms with E-state index >= 15 is 4.79 Å². The minimum absolute atomic E-state index is 0.0482.